The van der Waals surface area contributed by atoms with E-state index < -0.39 is 12.0 Å². The Balaban J connectivity index is 1.76. The van der Waals surface area contributed by atoms with Gasteiger partial charge < -0.3 is 14.8 Å². The number of fused-ring (bicyclic) bond motifs is 1. The SMILES string of the molecule is O=C(NCC(O)c1ccccc1Cl)c1cc(=O)c2ccccc2o1. The molecule has 2 N–H and O–H groups in total. The fraction of sp³-hybridized carbons (Fsp3) is 0.111. The molecule has 6 heteroatoms. The predicted octanol–water partition coefficient (Wildman–Crippen LogP) is 2.91. The lowest BCUT2D eigenvalue weighted by Crippen LogP contribution is -2.29. The van der Waals surface area contributed by atoms with Crippen LogP contribution in [0.4, 0.5) is 0 Å². The zero-order chi connectivity index (χ0) is 17.1. The van der Waals surface area contributed by atoms with Gasteiger partial charge >= 0.3 is 0 Å². The van der Waals surface area contributed by atoms with Crippen LogP contribution in [0, 0.1) is 0 Å². The Morgan fingerprint density at radius 1 is 1.17 bits per heavy atom. The van der Waals surface area contributed by atoms with Gasteiger partial charge in [-0.2, -0.15) is 0 Å². The Bertz CT molecular complexity index is 951. The number of hydrogen-bond acceptors (Lipinski definition) is 4. The third-order valence-corrected chi connectivity index (χ3v) is 3.92. The van der Waals surface area contributed by atoms with Crippen LogP contribution in [-0.2, 0) is 0 Å². The molecular weight excluding hydrogens is 330 g/mol. The van der Waals surface area contributed by atoms with Crippen molar-refractivity contribution in [1.82, 2.24) is 5.32 Å². The number of benzene rings is 2. The maximum atomic E-state index is 12.2. The van der Waals surface area contributed by atoms with E-state index in [-0.39, 0.29) is 17.7 Å². The summed E-state index contributed by atoms with van der Waals surface area (Å²) in [5.41, 5.74) is 0.551. The Morgan fingerprint density at radius 3 is 2.67 bits per heavy atom. The van der Waals surface area contributed by atoms with E-state index in [0.29, 0.717) is 21.6 Å². The van der Waals surface area contributed by atoms with Crippen LogP contribution in [0.5, 0.6) is 0 Å². The van der Waals surface area contributed by atoms with Crippen molar-refractivity contribution in [3.8, 4) is 0 Å². The maximum Gasteiger partial charge on any atom is 0.287 e. The average molecular weight is 344 g/mol. The van der Waals surface area contributed by atoms with Crippen molar-refractivity contribution in [1.29, 1.82) is 0 Å². The van der Waals surface area contributed by atoms with E-state index >= 15 is 0 Å². The Kier molecular flexibility index (Phi) is 4.64. The molecule has 0 aliphatic heterocycles. The molecule has 24 heavy (non-hydrogen) atoms. The molecule has 3 aromatic rings. The molecule has 1 aromatic heterocycles. The highest BCUT2D eigenvalue weighted by atomic mass is 35.5. The Labute approximate surface area is 142 Å². The number of carbonyl (C=O) groups is 1. The molecule has 1 atom stereocenters. The monoisotopic (exact) mass is 343 g/mol. The number of amides is 1. The molecule has 3 rings (SSSR count). The summed E-state index contributed by atoms with van der Waals surface area (Å²) in [7, 11) is 0. The van der Waals surface area contributed by atoms with Crippen molar-refractivity contribution in [3.63, 3.8) is 0 Å². The summed E-state index contributed by atoms with van der Waals surface area (Å²) in [6, 6.07) is 14.7. The summed E-state index contributed by atoms with van der Waals surface area (Å²) in [5.74, 6) is -0.686. The summed E-state index contributed by atoms with van der Waals surface area (Å²) in [6.07, 6.45) is -0.963. The second-order valence-corrected chi connectivity index (χ2v) is 5.63. The van der Waals surface area contributed by atoms with E-state index in [0.717, 1.165) is 6.07 Å². The average Bonchev–Trinajstić information content (AvgIpc) is 2.59. The molecule has 122 valence electrons. The molecule has 0 aliphatic rings. The number of carbonyl (C=O) groups excluding carboxylic acids is 1. The van der Waals surface area contributed by atoms with Gasteiger partial charge in [-0.3, -0.25) is 9.59 Å². The van der Waals surface area contributed by atoms with Crippen LogP contribution >= 0.6 is 11.6 Å². The van der Waals surface area contributed by atoms with Crippen LogP contribution in [0.2, 0.25) is 5.02 Å². The molecule has 0 spiro atoms. The molecule has 2 aromatic carbocycles. The molecule has 1 amide bonds. The highest BCUT2D eigenvalue weighted by molar-refractivity contribution is 6.31. The summed E-state index contributed by atoms with van der Waals surface area (Å²) in [6.45, 7) is -0.0564. The van der Waals surface area contributed by atoms with Crippen molar-refractivity contribution in [3.05, 3.63) is 81.2 Å². The Morgan fingerprint density at radius 2 is 1.88 bits per heavy atom. The minimum Gasteiger partial charge on any atom is -0.451 e. The molecule has 1 heterocycles. The Hall–Kier alpha value is -2.63. The van der Waals surface area contributed by atoms with Gasteiger partial charge in [0.15, 0.2) is 11.2 Å². The first-order chi connectivity index (χ1) is 11.6. The van der Waals surface area contributed by atoms with E-state index in [1.54, 1.807) is 48.5 Å². The normalized spacial score (nSPS) is 12.1. The predicted molar refractivity (Wildman–Crippen MR) is 91.2 cm³/mol. The first-order valence-corrected chi connectivity index (χ1v) is 7.67. The van der Waals surface area contributed by atoms with Gasteiger partial charge in [-0.15, -0.1) is 0 Å². The number of halogens is 1. The molecule has 0 bridgehead atoms. The zero-order valence-corrected chi connectivity index (χ0v) is 13.3. The minimum absolute atomic E-state index is 0.0564. The van der Waals surface area contributed by atoms with Crippen LogP contribution in [0.3, 0.4) is 0 Å². The lowest BCUT2D eigenvalue weighted by molar-refractivity contribution is 0.0889. The van der Waals surface area contributed by atoms with Gasteiger partial charge in [0.1, 0.15) is 5.58 Å². The van der Waals surface area contributed by atoms with Crippen molar-refractivity contribution in [2.75, 3.05) is 6.54 Å². The largest absolute Gasteiger partial charge is 0.451 e. The quantitative estimate of drug-likeness (QED) is 0.763. The highest BCUT2D eigenvalue weighted by Gasteiger charge is 2.16. The number of para-hydroxylation sites is 1. The third kappa shape index (κ3) is 3.32. The lowest BCUT2D eigenvalue weighted by atomic mass is 10.1. The van der Waals surface area contributed by atoms with E-state index in [2.05, 4.69) is 5.32 Å². The second-order valence-electron chi connectivity index (χ2n) is 5.22. The summed E-state index contributed by atoms with van der Waals surface area (Å²) < 4.78 is 5.45. The summed E-state index contributed by atoms with van der Waals surface area (Å²) in [4.78, 5) is 24.2. The number of hydrogen-bond donors (Lipinski definition) is 2. The van der Waals surface area contributed by atoms with Crippen LogP contribution < -0.4 is 10.7 Å². The fourth-order valence-electron chi connectivity index (χ4n) is 2.35. The van der Waals surface area contributed by atoms with Gasteiger partial charge in [0.2, 0.25) is 0 Å². The molecular formula is C18H14ClNO4. The molecule has 0 saturated heterocycles. The number of aliphatic hydroxyl groups excluding tert-OH is 1. The zero-order valence-electron chi connectivity index (χ0n) is 12.5. The standard InChI is InChI=1S/C18H14ClNO4/c19-13-7-3-1-5-11(13)15(22)10-20-18(23)17-9-14(21)12-6-2-4-8-16(12)24-17/h1-9,15,22H,10H2,(H,20,23). The number of aliphatic hydroxyl groups is 1. The minimum atomic E-state index is -0.963. The van der Waals surface area contributed by atoms with Crippen LogP contribution in [0.15, 0.2) is 63.8 Å². The summed E-state index contributed by atoms with van der Waals surface area (Å²) in [5, 5.41) is 13.5. The van der Waals surface area contributed by atoms with Gasteiger partial charge in [0.25, 0.3) is 5.91 Å². The lowest BCUT2D eigenvalue weighted by Gasteiger charge is -2.13. The van der Waals surface area contributed by atoms with E-state index in [9.17, 15) is 14.7 Å². The number of rotatable bonds is 4. The van der Waals surface area contributed by atoms with Crippen LogP contribution in [-0.4, -0.2) is 17.6 Å². The first kappa shape index (κ1) is 16.2. The van der Waals surface area contributed by atoms with Gasteiger partial charge in [0.05, 0.1) is 11.5 Å². The van der Waals surface area contributed by atoms with Gasteiger partial charge in [-0.05, 0) is 18.2 Å². The molecule has 0 fully saturated rings. The maximum absolute atomic E-state index is 12.2. The topological polar surface area (TPSA) is 79.5 Å². The van der Waals surface area contributed by atoms with Crippen molar-refractivity contribution >= 4 is 28.5 Å². The number of nitrogens with one attached hydrogen (secondary N) is 1. The van der Waals surface area contributed by atoms with E-state index in [1.165, 1.54) is 0 Å². The van der Waals surface area contributed by atoms with Crippen LogP contribution in [0.1, 0.15) is 22.2 Å². The first-order valence-electron chi connectivity index (χ1n) is 7.30. The van der Waals surface area contributed by atoms with E-state index in [4.69, 9.17) is 16.0 Å². The van der Waals surface area contributed by atoms with Gasteiger partial charge in [0, 0.05) is 23.2 Å². The highest BCUT2D eigenvalue weighted by Crippen LogP contribution is 2.22. The van der Waals surface area contributed by atoms with Crippen molar-refractivity contribution < 1.29 is 14.3 Å². The summed E-state index contributed by atoms with van der Waals surface area (Å²) >= 11 is 6.01. The van der Waals surface area contributed by atoms with E-state index in [1.807, 2.05) is 0 Å². The smallest absolute Gasteiger partial charge is 0.287 e. The molecule has 5 nitrogen and oxygen atoms in total. The van der Waals surface area contributed by atoms with Crippen molar-refractivity contribution in [2.45, 2.75) is 6.10 Å². The van der Waals surface area contributed by atoms with Gasteiger partial charge in [-0.1, -0.05) is 41.9 Å². The van der Waals surface area contributed by atoms with Gasteiger partial charge in [-0.25, -0.2) is 0 Å². The second kappa shape index (κ2) is 6.86. The van der Waals surface area contributed by atoms with Crippen LogP contribution in [0.25, 0.3) is 11.0 Å². The molecule has 1 unspecified atom stereocenters. The third-order valence-electron chi connectivity index (χ3n) is 3.58. The molecule has 0 saturated carbocycles. The van der Waals surface area contributed by atoms with Crippen molar-refractivity contribution in [2.24, 2.45) is 0 Å². The molecule has 0 aliphatic carbocycles. The molecule has 0 radical (unpaired) electrons. The fourth-order valence-corrected chi connectivity index (χ4v) is 2.61.